The van der Waals surface area contributed by atoms with Crippen LogP contribution in [0.5, 0.6) is 0 Å². The largest absolute Gasteiger partial charge is 0.383 e. The average molecular weight is 302 g/mol. The van der Waals surface area contributed by atoms with Gasteiger partial charge >= 0.3 is 0 Å². The molecule has 1 rings (SSSR count). The predicted octanol–water partition coefficient (Wildman–Crippen LogP) is 1.73. The van der Waals surface area contributed by atoms with Crippen molar-refractivity contribution in [1.82, 2.24) is 5.32 Å². The molecule has 0 atom stereocenters. The highest BCUT2D eigenvalue weighted by molar-refractivity contribution is 6.33. The molecule has 0 aliphatic heterocycles. The molecular formula is C12H16ClN3O4. The number of nitro groups is 1. The van der Waals surface area contributed by atoms with Gasteiger partial charge in [0.2, 0.25) is 5.91 Å². The van der Waals surface area contributed by atoms with E-state index in [4.69, 9.17) is 16.3 Å². The molecule has 0 aliphatic rings. The van der Waals surface area contributed by atoms with Gasteiger partial charge in [0.05, 0.1) is 28.8 Å². The van der Waals surface area contributed by atoms with E-state index in [1.165, 1.54) is 12.1 Å². The smallest absolute Gasteiger partial charge is 0.271 e. The number of halogens is 1. The summed E-state index contributed by atoms with van der Waals surface area (Å²) < 4.78 is 4.81. The summed E-state index contributed by atoms with van der Waals surface area (Å²) in [5.74, 6) is -0.212. The molecule has 20 heavy (non-hydrogen) atoms. The summed E-state index contributed by atoms with van der Waals surface area (Å²) in [6.45, 7) is 2.57. The van der Waals surface area contributed by atoms with E-state index in [2.05, 4.69) is 10.6 Å². The summed E-state index contributed by atoms with van der Waals surface area (Å²) in [5, 5.41) is 16.4. The minimum Gasteiger partial charge on any atom is -0.383 e. The summed E-state index contributed by atoms with van der Waals surface area (Å²) in [4.78, 5) is 21.7. The molecule has 0 radical (unpaired) electrons. The fourth-order valence-electron chi connectivity index (χ4n) is 1.58. The van der Waals surface area contributed by atoms with Gasteiger partial charge in [0, 0.05) is 25.8 Å². The van der Waals surface area contributed by atoms with Crippen molar-refractivity contribution >= 4 is 28.9 Å². The summed E-state index contributed by atoms with van der Waals surface area (Å²) >= 11 is 5.97. The molecule has 8 heteroatoms. The number of anilines is 1. The zero-order chi connectivity index (χ0) is 15.1. The summed E-state index contributed by atoms with van der Waals surface area (Å²) in [6, 6.07) is 2.65. The molecule has 1 aromatic carbocycles. The first-order valence-electron chi connectivity index (χ1n) is 5.89. The highest BCUT2D eigenvalue weighted by Gasteiger charge is 2.13. The van der Waals surface area contributed by atoms with Crippen molar-refractivity contribution in [2.75, 3.05) is 32.1 Å². The predicted molar refractivity (Wildman–Crippen MR) is 76.2 cm³/mol. The quantitative estimate of drug-likeness (QED) is 0.454. The van der Waals surface area contributed by atoms with Crippen LogP contribution in [0.25, 0.3) is 0 Å². The maximum atomic E-state index is 11.5. The first kappa shape index (κ1) is 16.2. The topological polar surface area (TPSA) is 93.5 Å². The van der Waals surface area contributed by atoms with Crippen LogP contribution in [0, 0.1) is 17.0 Å². The fraction of sp³-hybridized carbons (Fsp3) is 0.417. The van der Waals surface area contributed by atoms with Gasteiger partial charge < -0.3 is 15.4 Å². The molecule has 1 aromatic rings. The molecule has 7 nitrogen and oxygen atoms in total. The Bertz CT molecular complexity index is 484. The van der Waals surface area contributed by atoms with Gasteiger partial charge in [-0.1, -0.05) is 11.6 Å². The number of carbonyl (C=O) groups is 1. The molecule has 0 saturated heterocycles. The second-order valence-electron chi connectivity index (χ2n) is 4.07. The van der Waals surface area contributed by atoms with Crippen LogP contribution in [0.3, 0.4) is 0 Å². The third-order valence-electron chi connectivity index (χ3n) is 2.54. The third kappa shape index (κ3) is 4.67. The molecule has 1 amide bonds. The van der Waals surface area contributed by atoms with Crippen LogP contribution in [0.2, 0.25) is 5.02 Å². The number of aryl methyl sites for hydroxylation is 1. The summed E-state index contributed by atoms with van der Waals surface area (Å²) in [7, 11) is 1.55. The number of methoxy groups -OCH3 is 1. The molecule has 0 spiro atoms. The Morgan fingerprint density at radius 3 is 2.75 bits per heavy atom. The second kappa shape index (κ2) is 7.66. The van der Waals surface area contributed by atoms with Gasteiger partial charge in [-0.25, -0.2) is 0 Å². The van der Waals surface area contributed by atoms with E-state index < -0.39 is 4.92 Å². The zero-order valence-corrected chi connectivity index (χ0v) is 12.0. The van der Waals surface area contributed by atoms with E-state index in [0.717, 1.165) is 0 Å². The Morgan fingerprint density at radius 2 is 2.20 bits per heavy atom. The molecule has 0 unspecified atom stereocenters. The number of carbonyl (C=O) groups excluding carboxylic acids is 1. The van der Waals surface area contributed by atoms with Crippen molar-refractivity contribution in [1.29, 1.82) is 0 Å². The van der Waals surface area contributed by atoms with E-state index >= 15 is 0 Å². The number of hydrogen-bond donors (Lipinski definition) is 2. The minimum atomic E-state index is -0.514. The number of nitrogens with one attached hydrogen (secondary N) is 2. The first-order chi connectivity index (χ1) is 9.45. The monoisotopic (exact) mass is 301 g/mol. The van der Waals surface area contributed by atoms with Gasteiger partial charge in [0.1, 0.15) is 0 Å². The molecule has 0 bridgehead atoms. The van der Waals surface area contributed by atoms with Gasteiger partial charge in [-0.05, 0) is 12.5 Å². The number of rotatable bonds is 7. The average Bonchev–Trinajstić information content (AvgIpc) is 2.37. The maximum absolute atomic E-state index is 11.5. The molecule has 0 aromatic heterocycles. The molecule has 2 N–H and O–H groups in total. The lowest BCUT2D eigenvalue weighted by Crippen LogP contribution is -2.32. The van der Waals surface area contributed by atoms with Crippen LogP contribution in [0.4, 0.5) is 11.4 Å². The number of benzene rings is 1. The van der Waals surface area contributed by atoms with E-state index in [1.54, 1.807) is 14.0 Å². The lowest BCUT2D eigenvalue weighted by atomic mass is 10.1. The number of nitrogens with zero attached hydrogens (tertiary/aromatic N) is 1. The highest BCUT2D eigenvalue weighted by atomic mass is 35.5. The van der Waals surface area contributed by atoms with E-state index in [1.807, 2.05) is 0 Å². The molecule has 0 fully saturated rings. The van der Waals surface area contributed by atoms with Crippen molar-refractivity contribution in [3.8, 4) is 0 Å². The summed E-state index contributed by atoms with van der Waals surface area (Å²) in [5.41, 5.74) is 1.04. The Kier molecular flexibility index (Phi) is 6.20. The highest BCUT2D eigenvalue weighted by Crippen LogP contribution is 2.30. The third-order valence-corrected chi connectivity index (χ3v) is 2.84. The van der Waals surface area contributed by atoms with Crippen LogP contribution in [-0.4, -0.2) is 37.6 Å². The normalized spacial score (nSPS) is 10.2. The van der Waals surface area contributed by atoms with Crippen LogP contribution in [0.1, 0.15) is 5.56 Å². The zero-order valence-electron chi connectivity index (χ0n) is 11.2. The lowest BCUT2D eigenvalue weighted by molar-refractivity contribution is -0.384. The van der Waals surface area contributed by atoms with Gasteiger partial charge in [0.15, 0.2) is 0 Å². The second-order valence-corrected chi connectivity index (χ2v) is 4.48. The van der Waals surface area contributed by atoms with Gasteiger partial charge in [-0.15, -0.1) is 0 Å². The number of amides is 1. The van der Waals surface area contributed by atoms with Crippen LogP contribution in [0.15, 0.2) is 12.1 Å². The maximum Gasteiger partial charge on any atom is 0.271 e. The molecule has 0 aliphatic carbocycles. The standard InChI is InChI=1S/C12H16ClN3O4/c1-8-5-9(16(18)19)6-10(13)12(8)15-7-11(17)14-3-4-20-2/h5-6,15H,3-4,7H2,1-2H3,(H,14,17). The van der Waals surface area contributed by atoms with Crippen molar-refractivity contribution < 1.29 is 14.5 Å². The van der Waals surface area contributed by atoms with Crippen molar-refractivity contribution in [2.45, 2.75) is 6.92 Å². The molecule has 0 saturated carbocycles. The van der Waals surface area contributed by atoms with Crippen LogP contribution < -0.4 is 10.6 Å². The number of non-ortho nitro benzene ring substituents is 1. The Balaban J connectivity index is 2.64. The van der Waals surface area contributed by atoms with E-state index in [-0.39, 0.29) is 23.2 Å². The summed E-state index contributed by atoms with van der Waals surface area (Å²) in [6.07, 6.45) is 0. The lowest BCUT2D eigenvalue weighted by Gasteiger charge is -2.11. The van der Waals surface area contributed by atoms with Gasteiger partial charge in [-0.3, -0.25) is 14.9 Å². The number of ether oxygens (including phenoxy) is 1. The van der Waals surface area contributed by atoms with Crippen molar-refractivity contribution in [2.24, 2.45) is 0 Å². The van der Waals surface area contributed by atoms with Crippen molar-refractivity contribution in [3.05, 3.63) is 32.8 Å². The van der Waals surface area contributed by atoms with Crippen molar-refractivity contribution in [3.63, 3.8) is 0 Å². The van der Waals surface area contributed by atoms with Gasteiger partial charge in [0.25, 0.3) is 5.69 Å². The number of hydrogen-bond acceptors (Lipinski definition) is 5. The minimum absolute atomic E-state index is 0.0298. The van der Waals surface area contributed by atoms with E-state index in [0.29, 0.717) is 24.4 Å². The first-order valence-corrected chi connectivity index (χ1v) is 6.27. The SMILES string of the molecule is COCCNC(=O)CNc1c(C)cc([N+](=O)[O-])cc1Cl. The Hall–Kier alpha value is -1.86. The van der Waals surface area contributed by atoms with Crippen LogP contribution in [-0.2, 0) is 9.53 Å². The van der Waals surface area contributed by atoms with E-state index in [9.17, 15) is 14.9 Å². The Morgan fingerprint density at radius 1 is 1.50 bits per heavy atom. The Labute approximate surface area is 121 Å². The fourth-order valence-corrected chi connectivity index (χ4v) is 1.91. The van der Waals surface area contributed by atoms with Gasteiger partial charge in [-0.2, -0.15) is 0 Å². The number of nitro benzene ring substituents is 1. The molecule has 0 heterocycles. The molecule has 110 valence electrons. The molecular weight excluding hydrogens is 286 g/mol. The van der Waals surface area contributed by atoms with Crippen LogP contribution >= 0.6 is 11.6 Å².